The molecule has 10 heteroatoms. The summed E-state index contributed by atoms with van der Waals surface area (Å²) >= 11 is 2.80. The molecular weight excluding hydrogens is 460 g/mol. The molecule has 33 heavy (non-hydrogen) atoms. The van der Waals surface area contributed by atoms with Crippen molar-refractivity contribution in [1.29, 1.82) is 0 Å². The molecule has 1 aliphatic rings. The van der Waals surface area contributed by atoms with E-state index in [0.717, 1.165) is 16.8 Å². The van der Waals surface area contributed by atoms with E-state index in [2.05, 4.69) is 15.6 Å². The number of nitrogens with one attached hydrogen (secondary N) is 2. The van der Waals surface area contributed by atoms with Gasteiger partial charge in [0.2, 0.25) is 11.8 Å². The van der Waals surface area contributed by atoms with Gasteiger partial charge in [-0.2, -0.15) is 0 Å². The Balaban J connectivity index is 1.36. The molecule has 2 aromatic heterocycles. The number of aromatic nitrogens is 1. The summed E-state index contributed by atoms with van der Waals surface area (Å²) in [6.45, 7) is 5.72. The van der Waals surface area contributed by atoms with E-state index in [0.29, 0.717) is 33.8 Å². The predicted octanol–water partition coefficient (Wildman–Crippen LogP) is 4.00. The summed E-state index contributed by atoms with van der Waals surface area (Å²) in [7, 11) is 0. The number of carbonyl (C=O) groups is 3. The van der Waals surface area contributed by atoms with Crippen LogP contribution < -0.4 is 10.6 Å². The van der Waals surface area contributed by atoms with Crippen LogP contribution in [0.4, 0.5) is 10.8 Å². The van der Waals surface area contributed by atoms with E-state index in [1.807, 2.05) is 32.0 Å². The minimum Gasteiger partial charge on any atom is -0.469 e. The van der Waals surface area contributed by atoms with Gasteiger partial charge in [-0.1, -0.05) is 6.07 Å². The highest BCUT2D eigenvalue weighted by molar-refractivity contribution is 7.99. The largest absolute Gasteiger partial charge is 0.469 e. The number of anilines is 2. The third kappa shape index (κ3) is 5.28. The number of thiazole rings is 1. The summed E-state index contributed by atoms with van der Waals surface area (Å²) in [4.78, 5) is 44.1. The van der Waals surface area contributed by atoms with Gasteiger partial charge in [-0.3, -0.25) is 19.7 Å². The second-order valence-corrected chi connectivity index (χ2v) is 9.69. The van der Waals surface area contributed by atoms with Crippen LogP contribution in [0.1, 0.15) is 32.9 Å². The zero-order valence-electron chi connectivity index (χ0n) is 18.5. The van der Waals surface area contributed by atoms with Crippen molar-refractivity contribution in [3.63, 3.8) is 0 Å². The summed E-state index contributed by atoms with van der Waals surface area (Å²) in [5.74, 6) is 0.846. The number of benzene rings is 1. The molecule has 1 atom stereocenters. The van der Waals surface area contributed by atoms with Gasteiger partial charge >= 0.3 is 0 Å². The topological polar surface area (TPSA) is 105 Å². The molecule has 4 rings (SSSR count). The van der Waals surface area contributed by atoms with Gasteiger partial charge in [-0.05, 0) is 50.1 Å². The zero-order chi connectivity index (χ0) is 23.5. The fourth-order valence-electron chi connectivity index (χ4n) is 3.44. The van der Waals surface area contributed by atoms with Crippen molar-refractivity contribution in [2.45, 2.75) is 33.2 Å². The van der Waals surface area contributed by atoms with Crippen LogP contribution in [0.5, 0.6) is 0 Å². The molecule has 172 valence electrons. The first-order valence-corrected chi connectivity index (χ1v) is 12.4. The van der Waals surface area contributed by atoms with Gasteiger partial charge in [0.1, 0.15) is 11.8 Å². The van der Waals surface area contributed by atoms with Crippen molar-refractivity contribution >= 4 is 51.6 Å². The molecule has 1 aromatic carbocycles. The van der Waals surface area contributed by atoms with Gasteiger partial charge in [0.15, 0.2) is 5.13 Å². The van der Waals surface area contributed by atoms with E-state index in [4.69, 9.17) is 4.42 Å². The molecule has 0 bridgehead atoms. The van der Waals surface area contributed by atoms with E-state index in [9.17, 15) is 14.4 Å². The Morgan fingerprint density at radius 1 is 1.15 bits per heavy atom. The molecule has 0 radical (unpaired) electrons. The Kier molecular flexibility index (Phi) is 6.85. The molecular formula is C23H24N4O4S2. The molecule has 1 saturated heterocycles. The van der Waals surface area contributed by atoms with Crippen molar-refractivity contribution in [2.24, 2.45) is 0 Å². The Morgan fingerprint density at radius 2 is 1.97 bits per heavy atom. The molecule has 3 amide bonds. The second kappa shape index (κ2) is 9.80. The minimum absolute atomic E-state index is 0.0606. The first kappa shape index (κ1) is 23.1. The smallest absolute Gasteiger partial charge is 0.260 e. The van der Waals surface area contributed by atoms with Crippen LogP contribution >= 0.6 is 23.1 Å². The summed E-state index contributed by atoms with van der Waals surface area (Å²) < 4.78 is 5.15. The molecule has 1 unspecified atom stereocenters. The lowest BCUT2D eigenvalue weighted by molar-refractivity contribution is -0.135. The lowest BCUT2D eigenvalue weighted by Gasteiger charge is -2.23. The number of nitrogens with zero attached hydrogens (tertiary/aromatic N) is 2. The van der Waals surface area contributed by atoms with Crippen LogP contribution in [0, 0.1) is 20.8 Å². The molecule has 0 aliphatic carbocycles. The van der Waals surface area contributed by atoms with Crippen LogP contribution in [0.15, 0.2) is 40.3 Å². The maximum Gasteiger partial charge on any atom is 0.260 e. The minimum atomic E-state index is -0.536. The number of furan rings is 1. The van der Waals surface area contributed by atoms with Crippen molar-refractivity contribution < 1.29 is 18.8 Å². The second-order valence-electron chi connectivity index (χ2n) is 7.83. The maximum absolute atomic E-state index is 12.9. The highest BCUT2D eigenvalue weighted by Gasteiger charge is 2.34. The number of hydrogen-bond acceptors (Lipinski definition) is 7. The van der Waals surface area contributed by atoms with Gasteiger partial charge in [0, 0.05) is 16.8 Å². The molecule has 3 heterocycles. The third-order valence-electron chi connectivity index (χ3n) is 5.49. The number of aryl methyl sites for hydroxylation is 3. The number of amides is 3. The summed E-state index contributed by atoms with van der Waals surface area (Å²) in [6, 6.07) is 6.81. The normalized spacial score (nSPS) is 15.5. The van der Waals surface area contributed by atoms with Gasteiger partial charge in [-0.25, -0.2) is 4.98 Å². The highest BCUT2D eigenvalue weighted by Crippen LogP contribution is 2.25. The number of rotatable bonds is 6. The zero-order valence-corrected chi connectivity index (χ0v) is 20.1. The predicted molar refractivity (Wildman–Crippen MR) is 130 cm³/mol. The number of thioether (sulfide) groups is 1. The lowest BCUT2D eigenvalue weighted by Crippen LogP contribution is -2.45. The van der Waals surface area contributed by atoms with Gasteiger partial charge < -0.3 is 14.6 Å². The lowest BCUT2D eigenvalue weighted by atomic mass is 10.1. The Morgan fingerprint density at radius 3 is 2.70 bits per heavy atom. The Hall–Kier alpha value is -3.11. The third-order valence-corrected chi connectivity index (χ3v) is 7.31. The van der Waals surface area contributed by atoms with Crippen molar-refractivity contribution in [1.82, 2.24) is 9.88 Å². The number of hydrogen-bond donors (Lipinski definition) is 2. The van der Waals surface area contributed by atoms with Crippen molar-refractivity contribution in [2.75, 3.05) is 22.3 Å². The van der Waals surface area contributed by atoms with E-state index >= 15 is 0 Å². The maximum atomic E-state index is 12.9. The van der Waals surface area contributed by atoms with Crippen LogP contribution in [0.3, 0.4) is 0 Å². The average molecular weight is 485 g/mol. The quantitative estimate of drug-likeness (QED) is 0.548. The van der Waals surface area contributed by atoms with Gasteiger partial charge in [-0.15, -0.1) is 23.1 Å². The van der Waals surface area contributed by atoms with E-state index in [1.54, 1.807) is 35.0 Å². The number of carbonyl (C=O) groups excluding carboxylic acids is 3. The van der Waals surface area contributed by atoms with E-state index in [-0.39, 0.29) is 24.1 Å². The fourth-order valence-corrected chi connectivity index (χ4v) is 5.32. The molecule has 3 aromatic rings. The SMILES string of the molecule is Cc1ccc(NC(=O)C2CSCN2C(=O)Cc2csc(NC(=O)c3ccoc3C)n2)cc1C. The molecule has 0 spiro atoms. The fraction of sp³-hybridized carbons (Fsp3) is 0.304. The first-order valence-electron chi connectivity index (χ1n) is 10.4. The van der Waals surface area contributed by atoms with E-state index < -0.39 is 6.04 Å². The van der Waals surface area contributed by atoms with Crippen LogP contribution in [0.25, 0.3) is 0 Å². The Bertz CT molecular complexity index is 1200. The van der Waals surface area contributed by atoms with Crippen LogP contribution in [-0.4, -0.2) is 45.3 Å². The van der Waals surface area contributed by atoms with Gasteiger partial charge in [0.25, 0.3) is 5.91 Å². The van der Waals surface area contributed by atoms with E-state index in [1.165, 1.54) is 17.6 Å². The summed E-state index contributed by atoms with van der Waals surface area (Å²) in [5.41, 5.74) is 3.96. The van der Waals surface area contributed by atoms with Crippen molar-refractivity contribution in [3.8, 4) is 0 Å². The summed E-state index contributed by atoms with van der Waals surface area (Å²) in [5, 5.41) is 7.80. The molecule has 1 fully saturated rings. The molecule has 2 N–H and O–H groups in total. The summed E-state index contributed by atoms with van der Waals surface area (Å²) in [6.07, 6.45) is 1.52. The molecule has 8 nitrogen and oxygen atoms in total. The van der Waals surface area contributed by atoms with Crippen molar-refractivity contribution in [3.05, 3.63) is 64.1 Å². The Labute approximate surface area is 199 Å². The van der Waals surface area contributed by atoms with Gasteiger partial charge in [0.05, 0.1) is 29.8 Å². The molecule has 1 aliphatic heterocycles. The highest BCUT2D eigenvalue weighted by atomic mass is 32.2. The van der Waals surface area contributed by atoms with Crippen LogP contribution in [0.2, 0.25) is 0 Å². The molecule has 0 saturated carbocycles. The first-order chi connectivity index (χ1) is 15.8. The monoisotopic (exact) mass is 484 g/mol. The van der Waals surface area contributed by atoms with Crippen LogP contribution in [-0.2, 0) is 16.0 Å². The average Bonchev–Trinajstić information content (AvgIpc) is 3.51. The standard InChI is InChI=1S/C23H24N4O4S2/c1-13-4-5-16(8-14(13)2)24-22(30)19-11-32-12-27(19)20(28)9-17-10-33-23(25-17)26-21(29)18-6-7-31-15(18)3/h4-8,10,19H,9,11-12H2,1-3H3,(H,24,30)(H,25,26,29).